The normalized spacial score (nSPS) is 20.6. The van der Waals surface area contributed by atoms with Crippen molar-refractivity contribution < 1.29 is 0 Å². The number of anilines is 1. The Hall–Kier alpha value is -0.380. The van der Waals surface area contributed by atoms with Crippen molar-refractivity contribution in [2.24, 2.45) is 0 Å². The summed E-state index contributed by atoms with van der Waals surface area (Å²) in [6.07, 6.45) is 1.27. The minimum absolute atomic E-state index is 0.667. The molecule has 0 amide bonds. The number of nitrogen functional groups attached to an aromatic ring is 1. The van der Waals surface area contributed by atoms with Crippen LogP contribution in [0, 0.1) is 0 Å². The molecule has 2 rings (SSSR count). The van der Waals surface area contributed by atoms with E-state index in [4.69, 9.17) is 17.3 Å². The van der Waals surface area contributed by atoms with Gasteiger partial charge in [0, 0.05) is 34.6 Å². The molecule has 4 heteroatoms. The third-order valence-electron chi connectivity index (χ3n) is 3.09. The fourth-order valence-corrected chi connectivity index (χ4v) is 3.53. The Labute approximate surface area is 106 Å². The van der Waals surface area contributed by atoms with Crippen LogP contribution in [0.15, 0.2) is 18.2 Å². The quantitative estimate of drug-likeness (QED) is 0.844. The van der Waals surface area contributed by atoms with Gasteiger partial charge in [-0.1, -0.05) is 17.7 Å². The molecule has 0 radical (unpaired) electrons. The molecular weight excluding hydrogens is 240 g/mol. The maximum atomic E-state index is 6.17. The smallest absolute Gasteiger partial charge is 0.0471 e. The summed E-state index contributed by atoms with van der Waals surface area (Å²) in [4.78, 5) is 2.36. The number of hydrogen-bond acceptors (Lipinski definition) is 3. The molecule has 1 aromatic rings. The maximum Gasteiger partial charge on any atom is 0.0471 e. The molecule has 0 bridgehead atoms. The zero-order valence-corrected chi connectivity index (χ0v) is 11.0. The first kappa shape index (κ1) is 12.1. The van der Waals surface area contributed by atoms with Crippen LogP contribution in [0.2, 0.25) is 5.02 Å². The van der Waals surface area contributed by atoms with Crippen LogP contribution < -0.4 is 5.73 Å². The van der Waals surface area contributed by atoms with E-state index < -0.39 is 0 Å². The van der Waals surface area contributed by atoms with Crippen molar-refractivity contribution in [3.05, 3.63) is 28.8 Å². The van der Waals surface area contributed by atoms with Crippen LogP contribution in [0.1, 0.15) is 12.0 Å². The SMILES string of the molecule is CN(Cc1c(N)cccc1Cl)C1CCSC1. The average molecular weight is 257 g/mol. The molecule has 1 unspecified atom stereocenters. The highest BCUT2D eigenvalue weighted by Crippen LogP contribution is 2.27. The van der Waals surface area contributed by atoms with Gasteiger partial charge >= 0.3 is 0 Å². The molecule has 1 aromatic carbocycles. The second-order valence-corrected chi connectivity index (χ2v) is 5.80. The molecule has 0 aliphatic carbocycles. The van der Waals surface area contributed by atoms with Gasteiger partial charge in [-0.05, 0) is 31.4 Å². The molecular formula is C12H17ClN2S. The van der Waals surface area contributed by atoms with E-state index in [1.807, 2.05) is 30.0 Å². The van der Waals surface area contributed by atoms with Gasteiger partial charge in [0.15, 0.2) is 0 Å². The van der Waals surface area contributed by atoms with Crippen LogP contribution in [-0.2, 0) is 6.54 Å². The molecule has 2 N–H and O–H groups in total. The van der Waals surface area contributed by atoms with Gasteiger partial charge in [-0.25, -0.2) is 0 Å². The fourth-order valence-electron chi connectivity index (χ4n) is 1.99. The van der Waals surface area contributed by atoms with Crippen molar-refractivity contribution in [2.45, 2.75) is 19.0 Å². The van der Waals surface area contributed by atoms with Crippen LogP contribution in [-0.4, -0.2) is 29.5 Å². The van der Waals surface area contributed by atoms with Crippen LogP contribution in [0.5, 0.6) is 0 Å². The van der Waals surface area contributed by atoms with Crippen molar-refractivity contribution in [2.75, 3.05) is 24.3 Å². The molecule has 1 atom stereocenters. The zero-order chi connectivity index (χ0) is 11.5. The van der Waals surface area contributed by atoms with E-state index in [9.17, 15) is 0 Å². The molecule has 1 aliphatic heterocycles. The Morgan fingerprint density at radius 1 is 1.56 bits per heavy atom. The number of hydrogen-bond donors (Lipinski definition) is 1. The second kappa shape index (κ2) is 5.30. The van der Waals surface area contributed by atoms with E-state index in [1.54, 1.807) is 0 Å². The van der Waals surface area contributed by atoms with E-state index >= 15 is 0 Å². The molecule has 1 saturated heterocycles. The number of rotatable bonds is 3. The highest BCUT2D eigenvalue weighted by atomic mass is 35.5. The summed E-state index contributed by atoms with van der Waals surface area (Å²) in [7, 11) is 2.15. The molecule has 1 fully saturated rings. The van der Waals surface area contributed by atoms with E-state index in [-0.39, 0.29) is 0 Å². The fraction of sp³-hybridized carbons (Fsp3) is 0.500. The van der Waals surface area contributed by atoms with Gasteiger partial charge in [-0.2, -0.15) is 11.8 Å². The number of benzene rings is 1. The highest BCUT2D eigenvalue weighted by molar-refractivity contribution is 7.99. The first-order valence-corrected chi connectivity index (χ1v) is 7.02. The molecule has 0 aromatic heterocycles. The lowest BCUT2D eigenvalue weighted by Gasteiger charge is -2.24. The molecule has 88 valence electrons. The van der Waals surface area contributed by atoms with Gasteiger partial charge < -0.3 is 5.73 Å². The predicted molar refractivity (Wildman–Crippen MR) is 73.1 cm³/mol. The average Bonchev–Trinajstić information content (AvgIpc) is 2.76. The summed E-state index contributed by atoms with van der Waals surface area (Å²) < 4.78 is 0. The topological polar surface area (TPSA) is 29.3 Å². The molecule has 0 saturated carbocycles. The van der Waals surface area contributed by atoms with Crippen molar-refractivity contribution in [1.82, 2.24) is 4.90 Å². The van der Waals surface area contributed by atoms with Gasteiger partial charge in [-0.3, -0.25) is 4.90 Å². The van der Waals surface area contributed by atoms with Crippen LogP contribution >= 0.6 is 23.4 Å². The van der Waals surface area contributed by atoms with E-state index in [1.165, 1.54) is 17.9 Å². The number of halogens is 1. The third-order valence-corrected chi connectivity index (χ3v) is 4.59. The Morgan fingerprint density at radius 2 is 2.38 bits per heavy atom. The van der Waals surface area contributed by atoms with Gasteiger partial charge in [0.2, 0.25) is 0 Å². The minimum Gasteiger partial charge on any atom is -0.398 e. The molecule has 1 aliphatic rings. The Morgan fingerprint density at radius 3 is 3.00 bits per heavy atom. The number of nitrogens with two attached hydrogens (primary N) is 1. The van der Waals surface area contributed by atoms with Crippen LogP contribution in [0.4, 0.5) is 5.69 Å². The Bertz CT molecular complexity index is 344. The van der Waals surface area contributed by atoms with Gasteiger partial charge in [0.1, 0.15) is 0 Å². The molecule has 2 nitrogen and oxygen atoms in total. The summed E-state index contributed by atoms with van der Waals surface area (Å²) in [5.74, 6) is 2.49. The zero-order valence-electron chi connectivity index (χ0n) is 9.45. The maximum absolute atomic E-state index is 6.17. The molecule has 1 heterocycles. The van der Waals surface area contributed by atoms with Crippen LogP contribution in [0.3, 0.4) is 0 Å². The van der Waals surface area contributed by atoms with Gasteiger partial charge in [0.25, 0.3) is 0 Å². The first-order chi connectivity index (χ1) is 7.68. The first-order valence-electron chi connectivity index (χ1n) is 5.49. The van der Waals surface area contributed by atoms with Crippen molar-refractivity contribution >= 4 is 29.1 Å². The summed E-state index contributed by atoms with van der Waals surface area (Å²) in [5.41, 5.74) is 7.81. The van der Waals surface area contributed by atoms with Gasteiger partial charge in [0.05, 0.1) is 0 Å². The molecule has 0 spiro atoms. The largest absolute Gasteiger partial charge is 0.398 e. The lowest BCUT2D eigenvalue weighted by atomic mass is 10.1. The Kier molecular flexibility index (Phi) is 4.00. The molecule has 16 heavy (non-hydrogen) atoms. The summed E-state index contributed by atoms with van der Waals surface area (Å²) in [5, 5.41) is 0.775. The lowest BCUT2D eigenvalue weighted by Crippen LogP contribution is -2.31. The lowest BCUT2D eigenvalue weighted by molar-refractivity contribution is 0.255. The van der Waals surface area contributed by atoms with Crippen molar-refractivity contribution in [1.29, 1.82) is 0 Å². The highest BCUT2D eigenvalue weighted by Gasteiger charge is 2.21. The van der Waals surface area contributed by atoms with E-state index in [0.717, 1.165) is 22.8 Å². The number of thioether (sulfide) groups is 1. The van der Waals surface area contributed by atoms with Crippen molar-refractivity contribution in [3.8, 4) is 0 Å². The minimum atomic E-state index is 0.667. The van der Waals surface area contributed by atoms with Gasteiger partial charge in [-0.15, -0.1) is 0 Å². The number of nitrogens with zero attached hydrogens (tertiary/aromatic N) is 1. The second-order valence-electron chi connectivity index (χ2n) is 4.24. The third kappa shape index (κ3) is 2.65. The van der Waals surface area contributed by atoms with E-state index in [0.29, 0.717) is 6.04 Å². The monoisotopic (exact) mass is 256 g/mol. The summed E-state index contributed by atoms with van der Waals surface area (Å²) in [6.45, 7) is 0.844. The van der Waals surface area contributed by atoms with Crippen LogP contribution in [0.25, 0.3) is 0 Å². The Balaban J connectivity index is 2.07. The standard InChI is InChI=1S/C12H17ClN2S/c1-15(9-5-6-16-8-9)7-10-11(13)3-2-4-12(10)14/h2-4,9H,5-8,14H2,1H3. The summed E-state index contributed by atoms with van der Waals surface area (Å²) >= 11 is 8.19. The van der Waals surface area contributed by atoms with E-state index in [2.05, 4.69) is 11.9 Å². The summed E-state index contributed by atoms with van der Waals surface area (Å²) in [6, 6.07) is 6.39. The van der Waals surface area contributed by atoms with Crippen molar-refractivity contribution in [3.63, 3.8) is 0 Å². The predicted octanol–water partition coefficient (Wildman–Crippen LogP) is 2.86.